The summed E-state index contributed by atoms with van der Waals surface area (Å²) in [6.45, 7) is 19.0. The summed E-state index contributed by atoms with van der Waals surface area (Å²) in [5, 5.41) is 19.7. The van der Waals surface area contributed by atoms with Crippen LogP contribution >= 0.6 is 0 Å². The van der Waals surface area contributed by atoms with Crippen LogP contribution < -0.4 is 4.74 Å². The number of phenols is 1. The second-order valence-corrected chi connectivity index (χ2v) is 8.25. The Bertz CT molecular complexity index is 1030. The fourth-order valence-corrected chi connectivity index (χ4v) is 2.64. The lowest BCUT2D eigenvalue weighted by atomic mass is 9.86. The Morgan fingerprint density at radius 3 is 2.06 bits per heavy atom. The molecule has 180 valence electrons. The molecule has 1 heterocycles. The normalized spacial score (nSPS) is 10.4. The molecule has 1 aromatic heterocycles. The van der Waals surface area contributed by atoms with Gasteiger partial charge in [-0.1, -0.05) is 73.6 Å². The van der Waals surface area contributed by atoms with E-state index < -0.39 is 5.97 Å². The number of aromatic nitrogens is 3. The van der Waals surface area contributed by atoms with Crippen LogP contribution in [0, 0.1) is 0 Å². The first-order valence-corrected chi connectivity index (χ1v) is 11.2. The zero-order valence-electron chi connectivity index (χ0n) is 21.1. The highest BCUT2D eigenvalue weighted by Gasteiger charge is 2.24. The van der Waals surface area contributed by atoms with Crippen molar-refractivity contribution < 1.29 is 19.4 Å². The molecule has 0 atom stereocenters. The molecule has 0 fully saturated rings. The zero-order chi connectivity index (χ0) is 25.2. The third-order valence-electron chi connectivity index (χ3n) is 4.14. The van der Waals surface area contributed by atoms with Gasteiger partial charge in [-0.25, -0.2) is 4.79 Å². The maximum absolute atomic E-state index is 11.5. The smallest absolute Gasteiger partial charge is 0.335 e. The number of benzene rings is 2. The fraction of sp³-hybridized carbons (Fsp3) is 0.423. The van der Waals surface area contributed by atoms with Gasteiger partial charge in [-0.2, -0.15) is 0 Å². The fourth-order valence-electron chi connectivity index (χ4n) is 2.64. The van der Waals surface area contributed by atoms with Crippen molar-refractivity contribution in [1.29, 1.82) is 0 Å². The van der Waals surface area contributed by atoms with Crippen molar-refractivity contribution in [3.8, 4) is 17.2 Å². The number of nitrogens with zero attached hydrogens (tertiary/aromatic N) is 3. The number of esters is 1. The van der Waals surface area contributed by atoms with Crippen LogP contribution in [0.2, 0.25) is 0 Å². The minimum absolute atomic E-state index is 0.0686. The SMILES string of the molecule is C=C(C)C(=O)OCOc1cc(-n2nc3ccccc3n2)c(O)c(C(C)(C)C)c1.CC.CCC. The van der Waals surface area contributed by atoms with E-state index in [4.69, 9.17) is 9.47 Å². The van der Waals surface area contributed by atoms with Crippen LogP contribution in [0.5, 0.6) is 11.5 Å². The van der Waals surface area contributed by atoms with Gasteiger partial charge in [-0.3, -0.25) is 0 Å². The first-order chi connectivity index (χ1) is 15.6. The van der Waals surface area contributed by atoms with E-state index in [2.05, 4.69) is 30.6 Å². The number of carbonyl (C=O) groups is 1. The minimum atomic E-state index is -0.532. The van der Waals surface area contributed by atoms with Crippen molar-refractivity contribution in [2.45, 2.75) is 67.2 Å². The Morgan fingerprint density at radius 1 is 1.09 bits per heavy atom. The maximum atomic E-state index is 11.5. The van der Waals surface area contributed by atoms with Gasteiger partial charge in [0.05, 0.1) is 0 Å². The summed E-state index contributed by atoms with van der Waals surface area (Å²) in [7, 11) is 0. The van der Waals surface area contributed by atoms with Crippen LogP contribution in [0.1, 0.15) is 67.4 Å². The molecule has 0 amide bonds. The first-order valence-electron chi connectivity index (χ1n) is 11.2. The molecule has 2 aromatic carbocycles. The molecule has 1 N–H and O–H groups in total. The average Bonchev–Trinajstić information content (AvgIpc) is 3.19. The van der Waals surface area contributed by atoms with Crippen LogP contribution in [0.4, 0.5) is 0 Å². The van der Waals surface area contributed by atoms with E-state index in [0.717, 1.165) is 0 Å². The van der Waals surface area contributed by atoms with Gasteiger partial charge in [0.2, 0.25) is 6.79 Å². The van der Waals surface area contributed by atoms with E-state index in [1.807, 2.05) is 58.9 Å². The monoisotopic (exact) mass is 455 g/mol. The Balaban J connectivity index is 0.00000101. The third kappa shape index (κ3) is 7.63. The van der Waals surface area contributed by atoms with E-state index in [-0.39, 0.29) is 23.5 Å². The van der Waals surface area contributed by atoms with Crippen molar-refractivity contribution in [2.75, 3.05) is 6.79 Å². The number of hydrogen-bond acceptors (Lipinski definition) is 6. The molecule has 0 unspecified atom stereocenters. The van der Waals surface area contributed by atoms with Gasteiger partial charge in [0.25, 0.3) is 0 Å². The predicted octanol–water partition coefficient (Wildman–Crippen LogP) is 6.32. The molecule has 0 aliphatic rings. The standard InChI is InChI=1S/C21H23N3O4.C3H8.C2H6/c1-13(2)20(26)28-12-27-14-10-15(21(3,4)5)19(25)18(11-14)24-22-16-8-6-7-9-17(16)23-24;1-3-2;1-2/h6-11,25H,1,12H2,2-5H3;3H2,1-2H3;1-2H3. The lowest BCUT2D eigenvalue weighted by Gasteiger charge is -2.23. The number of carbonyl (C=O) groups excluding carboxylic acids is 1. The van der Waals surface area contributed by atoms with E-state index in [1.54, 1.807) is 19.1 Å². The Hall–Kier alpha value is -3.35. The molecule has 3 rings (SSSR count). The second kappa shape index (κ2) is 12.6. The number of hydrogen-bond donors (Lipinski definition) is 1. The quantitative estimate of drug-likeness (QED) is 0.275. The van der Waals surface area contributed by atoms with Gasteiger partial charge in [-0.05, 0) is 30.5 Å². The predicted molar refractivity (Wildman–Crippen MR) is 133 cm³/mol. The molecule has 0 bridgehead atoms. The van der Waals surface area contributed by atoms with E-state index in [9.17, 15) is 9.90 Å². The number of ether oxygens (including phenoxy) is 2. The van der Waals surface area contributed by atoms with Gasteiger partial charge in [0.1, 0.15) is 28.2 Å². The highest BCUT2D eigenvalue weighted by Crippen LogP contribution is 2.38. The van der Waals surface area contributed by atoms with Crippen LogP contribution in [-0.4, -0.2) is 32.9 Å². The molecular weight excluding hydrogens is 418 g/mol. The summed E-state index contributed by atoms with van der Waals surface area (Å²) < 4.78 is 10.6. The zero-order valence-corrected chi connectivity index (χ0v) is 21.1. The van der Waals surface area contributed by atoms with Crippen molar-refractivity contribution in [3.05, 3.63) is 54.1 Å². The van der Waals surface area contributed by atoms with Gasteiger partial charge in [0, 0.05) is 17.2 Å². The molecule has 0 radical (unpaired) electrons. The van der Waals surface area contributed by atoms with Crippen molar-refractivity contribution >= 4 is 17.0 Å². The molecular formula is C26H37N3O4. The summed E-state index contributed by atoms with van der Waals surface area (Å²) in [5.41, 5.74) is 2.39. The third-order valence-corrected chi connectivity index (χ3v) is 4.14. The molecule has 3 aromatic rings. The van der Waals surface area contributed by atoms with E-state index in [1.165, 1.54) is 11.2 Å². The number of fused-ring (bicyclic) bond motifs is 1. The molecule has 0 saturated heterocycles. The summed E-state index contributed by atoms with van der Waals surface area (Å²) in [4.78, 5) is 12.9. The topological polar surface area (TPSA) is 86.5 Å². The van der Waals surface area contributed by atoms with E-state index >= 15 is 0 Å². The van der Waals surface area contributed by atoms with Gasteiger partial charge in [0.15, 0.2) is 0 Å². The molecule has 33 heavy (non-hydrogen) atoms. The van der Waals surface area contributed by atoms with Crippen LogP contribution in [-0.2, 0) is 14.9 Å². The highest BCUT2D eigenvalue weighted by molar-refractivity contribution is 5.86. The molecule has 0 aliphatic heterocycles. The number of rotatable bonds is 5. The van der Waals surface area contributed by atoms with Gasteiger partial charge >= 0.3 is 5.97 Å². The Labute approximate surface area is 197 Å². The Kier molecular flexibility index (Phi) is 10.6. The van der Waals surface area contributed by atoms with Crippen LogP contribution in [0.15, 0.2) is 48.6 Å². The summed E-state index contributed by atoms with van der Waals surface area (Å²) in [5.74, 6) is -0.0391. The molecule has 0 saturated carbocycles. The van der Waals surface area contributed by atoms with E-state index in [0.29, 0.717) is 28.0 Å². The number of phenolic OH excluding ortho intramolecular Hbond substituents is 1. The molecule has 0 spiro atoms. The number of aromatic hydroxyl groups is 1. The van der Waals surface area contributed by atoms with Crippen LogP contribution in [0.3, 0.4) is 0 Å². The summed E-state index contributed by atoms with van der Waals surface area (Å²) >= 11 is 0. The van der Waals surface area contributed by atoms with Crippen molar-refractivity contribution in [1.82, 2.24) is 15.0 Å². The van der Waals surface area contributed by atoms with Crippen LogP contribution in [0.25, 0.3) is 16.7 Å². The lowest BCUT2D eigenvalue weighted by Crippen LogP contribution is -2.15. The van der Waals surface area contributed by atoms with Crippen molar-refractivity contribution in [3.63, 3.8) is 0 Å². The maximum Gasteiger partial charge on any atom is 0.335 e. The largest absolute Gasteiger partial charge is 0.505 e. The van der Waals surface area contributed by atoms with Gasteiger partial charge in [-0.15, -0.1) is 15.0 Å². The molecule has 7 nitrogen and oxygen atoms in total. The first kappa shape index (κ1) is 27.7. The summed E-state index contributed by atoms with van der Waals surface area (Å²) in [6.07, 6.45) is 1.25. The molecule has 7 heteroatoms. The highest BCUT2D eigenvalue weighted by atomic mass is 16.7. The lowest BCUT2D eigenvalue weighted by molar-refractivity contribution is -0.145. The summed E-state index contributed by atoms with van der Waals surface area (Å²) in [6, 6.07) is 10.8. The average molecular weight is 456 g/mol. The molecule has 0 aliphatic carbocycles. The second-order valence-electron chi connectivity index (χ2n) is 8.25. The van der Waals surface area contributed by atoms with Crippen molar-refractivity contribution in [2.24, 2.45) is 0 Å². The minimum Gasteiger partial charge on any atom is -0.505 e. The Morgan fingerprint density at radius 2 is 1.61 bits per heavy atom. The van der Waals surface area contributed by atoms with Gasteiger partial charge < -0.3 is 14.6 Å².